The normalized spacial score (nSPS) is 15.5. The number of aliphatic imine (C=N–C) groups is 1. The predicted molar refractivity (Wildman–Crippen MR) is 107 cm³/mol. The molecule has 1 aromatic rings. The summed E-state index contributed by atoms with van der Waals surface area (Å²) in [5, 5.41) is 3.46. The van der Waals surface area contributed by atoms with Crippen molar-refractivity contribution in [2.45, 2.75) is 26.7 Å². The second-order valence-corrected chi connectivity index (χ2v) is 6.02. The van der Waals surface area contributed by atoms with Crippen LogP contribution in [0.5, 0.6) is 0 Å². The third kappa shape index (κ3) is 5.99. The van der Waals surface area contributed by atoms with Gasteiger partial charge in [0.15, 0.2) is 5.96 Å². The maximum absolute atomic E-state index is 4.40. The largest absolute Gasteiger partial charge is 0.356 e. The Bertz CT molecular complexity index is 484. The molecule has 0 saturated carbocycles. The fourth-order valence-electron chi connectivity index (χ4n) is 2.56. The molecule has 1 heterocycles. The minimum atomic E-state index is 0. The molecule has 22 heavy (non-hydrogen) atoms. The lowest BCUT2D eigenvalue weighted by molar-refractivity contribution is 0.373. The zero-order valence-electron chi connectivity index (χ0n) is 13.9. The van der Waals surface area contributed by atoms with Crippen molar-refractivity contribution in [3.05, 3.63) is 41.5 Å². The summed E-state index contributed by atoms with van der Waals surface area (Å²) in [7, 11) is 1.87. The van der Waals surface area contributed by atoms with Gasteiger partial charge in [-0.3, -0.25) is 4.99 Å². The third-order valence-electron chi connectivity index (χ3n) is 3.76. The number of rotatable bonds is 3. The van der Waals surface area contributed by atoms with E-state index in [1.54, 1.807) is 0 Å². The van der Waals surface area contributed by atoms with E-state index < -0.39 is 0 Å². The first kappa shape index (κ1) is 19.0. The molecule has 0 aromatic heterocycles. The lowest BCUT2D eigenvalue weighted by Crippen LogP contribution is -2.45. The second-order valence-electron chi connectivity index (χ2n) is 6.02. The van der Waals surface area contributed by atoms with Gasteiger partial charge in [0.1, 0.15) is 0 Å². The number of benzene rings is 1. The van der Waals surface area contributed by atoms with Crippen LogP contribution in [0.2, 0.25) is 0 Å². The minimum Gasteiger partial charge on any atom is -0.356 e. The molecule has 1 aliphatic heterocycles. The van der Waals surface area contributed by atoms with E-state index >= 15 is 0 Å². The smallest absolute Gasteiger partial charge is 0.193 e. The van der Waals surface area contributed by atoms with Crippen LogP contribution in [-0.2, 0) is 0 Å². The van der Waals surface area contributed by atoms with E-state index in [0.29, 0.717) is 5.92 Å². The lowest BCUT2D eigenvalue weighted by Gasteiger charge is -2.31. The van der Waals surface area contributed by atoms with Gasteiger partial charge < -0.3 is 10.2 Å². The molecule has 0 amide bonds. The van der Waals surface area contributed by atoms with Crippen molar-refractivity contribution >= 4 is 36.0 Å². The highest BCUT2D eigenvalue weighted by atomic mass is 127. The fourth-order valence-corrected chi connectivity index (χ4v) is 2.56. The predicted octanol–water partition coefficient (Wildman–Crippen LogP) is 4.02. The first-order valence-corrected chi connectivity index (χ1v) is 7.89. The van der Waals surface area contributed by atoms with E-state index in [1.165, 1.54) is 11.1 Å². The molecule has 4 heteroatoms. The summed E-state index contributed by atoms with van der Waals surface area (Å²) in [4.78, 5) is 6.77. The minimum absolute atomic E-state index is 0. The van der Waals surface area contributed by atoms with E-state index in [1.807, 2.05) is 7.05 Å². The summed E-state index contributed by atoms with van der Waals surface area (Å²) in [6.45, 7) is 7.52. The molecule has 3 nitrogen and oxygen atoms in total. The summed E-state index contributed by atoms with van der Waals surface area (Å²) in [5.74, 6) is 1.68. The first-order chi connectivity index (χ1) is 10.2. The topological polar surface area (TPSA) is 27.6 Å². The molecule has 122 valence electrons. The van der Waals surface area contributed by atoms with E-state index in [4.69, 9.17) is 0 Å². The first-order valence-electron chi connectivity index (χ1n) is 7.89. The van der Waals surface area contributed by atoms with E-state index in [-0.39, 0.29) is 24.0 Å². The van der Waals surface area contributed by atoms with Gasteiger partial charge in [0, 0.05) is 26.7 Å². The summed E-state index contributed by atoms with van der Waals surface area (Å²) in [6, 6.07) is 10.6. The Balaban J connectivity index is 0.00000242. The Labute approximate surface area is 151 Å². The van der Waals surface area contributed by atoms with Crippen LogP contribution in [0, 0.1) is 5.92 Å². The van der Waals surface area contributed by atoms with Crippen LogP contribution in [0.3, 0.4) is 0 Å². The molecule has 0 atom stereocenters. The van der Waals surface area contributed by atoms with Crippen LogP contribution in [0.15, 0.2) is 40.9 Å². The van der Waals surface area contributed by atoms with Crippen molar-refractivity contribution in [3.8, 4) is 0 Å². The number of likely N-dealkylation sites (tertiary alicyclic amines) is 1. The van der Waals surface area contributed by atoms with Gasteiger partial charge in [-0.2, -0.15) is 0 Å². The van der Waals surface area contributed by atoms with Crippen LogP contribution in [0.4, 0.5) is 0 Å². The van der Waals surface area contributed by atoms with Gasteiger partial charge in [0.2, 0.25) is 0 Å². The molecular formula is C18H28IN3. The Morgan fingerprint density at radius 2 is 1.86 bits per heavy atom. The number of hydrogen-bond acceptors (Lipinski definition) is 1. The number of halogens is 1. The Kier molecular flexibility index (Phi) is 8.53. The molecular weight excluding hydrogens is 385 g/mol. The van der Waals surface area contributed by atoms with Gasteiger partial charge in [-0.15, -0.1) is 24.0 Å². The van der Waals surface area contributed by atoms with E-state index in [0.717, 1.165) is 38.4 Å². The second kappa shape index (κ2) is 9.87. The Morgan fingerprint density at radius 3 is 2.41 bits per heavy atom. The number of nitrogens with zero attached hydrogens (tertiary/aromatic N) is 2. The number of piperidine rings is 1. The SMILES string of the molecule is CN=C(NCC(C)C)N1CCC(=Cc2ccccc2)CC1.I. The maximum Gasteiger partial charge on any atom is 0.193 e. The Morgan fingerprint density at radius 1 is 1.23 bits per heavy atom. The van der Waals surface area contributed by atoms with Crippen molar-refractivity contribution in [1.82, 2.24) is 10.2 Å². The molecule has 0 radical (unpaired) electrons. The average molecular weight is 413 g/mol. The Hall–Kier alpha value is -1.04. The van der Waals surface area contributed by atoms with Crippen LogP contribution < -0.4 is 5.32 Å². The zero-order valence-corrected chi connectivity index (χ0v) is 16.2. The van der Waals surface area contributed by atoms with Gasteiger partial charge >= 0.3 is 0 Å². The number of guanidine groups is 1. The average Bonchev–Trinajstić information content (AvgIpc) is 2.50. The molecule has 1 aliphatic rings. The summed E-state index contributed by atoms with van der Waals surface area (Å²) in [6.07, 6.45) is 4.58. The molecule has 0 bridgehead atoms. The standard InChI is InChI=1S/C18H27N3.HI/c1-15(2)14-20-18(19-3)21-11-9-17(10-12-21)13-16-7-5-4-6-8-16;/h4-8,13,15H,9-12,14H2,1-3H3,(H,19,20);1H. The van der Waals surface area contributed by atoms with Gasteiger partial charge in [0.05, 0.1) is 0 Å². The highest BCUT2D eigenvalue weighted by Crippen LogP contribution is 2.19. The van der Waals surface area contributed by atoms with Crippen molar-refractivity contribution in [1.29, 1.82) is 0 Å². The van der Waals surface area contributed by atoms with Crippen molar-refractivity contribution in [3.63, 3.8) is 0 Å². The van der Waals surface area contributed by atoms with Crippen LogP contribution in [0.25, 0.3) is 6.08 Å². The highest BCUT2D eigenvalue weighted by molar-refractivity contribution is 14.0. The molecule has 0 aliphatic carbocycles. The van der Waals surface area contributed by atoms with Crippen LogP contribution >= 0.6 is 24.0 Å². The molecule has 1 N–H and O–H groups in total. The van der Waals surface area contributed by atoms with Gasteiger partial charge in [-0.05, 0) is 24.3 Å². The maximum atomic E-state index is 4.40. The highest BCUT2D eigenvalue weighted by Gasteiger charge is 2.17. The molecule has 1 saturated heterocycles. The van der Waals surface area contributed by atoms with Crippen molar-refractivity contribution in [2.75, 3.05) is 26.7 Å². The third-order valence-corrected chi connectivity index (χ3v) is 3.76. The van der Waals surface area contributed by atoms with Gasteiger partial charge in [-0.25, -0.2) is 0 Å². The summed E-state index contributed by atoms with van der Waals surface area (Å²) in [5.41, 5.74) is 2.85. The monoisotopic (exact) mass is 413 g/mol. The lowest BCUT2D eigenvalue weighted by atomic mass is 10.0. The molecule has 0 unspecified atom stereocenters. The van der Waals surface area contributed by atoms with E-state index in [2.05, 4.69) is 65.5 Å². The van der Waals surface area contributed by atoms with Gasteiger partial charge in [0.25, 0.3) is 0 Å². The molecule has 0 spiro atoms. The summed E-state index contributed by atoms with van der Waals surface area (Å²) >= 11 is 0. The molecule has 2 rings (SSSR count). The van der Waals surface area contributed by atoms with Crippen molar-refractivity contribution in [2.24, 2.45) is 10.9 Å². The van der Waals surface area contributed by atoms with Crippen molar-refractivity contribution < 1.29 is 0 Å². The zero-order chi connectivity index (χ0) is 15.1. The number of hydrogen-bond donors (Lipinski definition) is 1. The quantitative estimate of drug-likeness (QED) is 0.461. The molecule has 1 aromatic carbocycles. The van der Waals surface area contributed by atoms with Crippen LogP contribution in [0.1, 0.15) is 32.3 Å². The molecule has 1 fully saturated rings. The fraction of sp³-hybridized carbons (Fsp3) is 0.500. The summed E-state index contributed by atoms with van der Waals surface area (Å²) < 4.78 is 0. The number of nitrogens with one attached hydrogen (secondary N) is 1. The van der Waals surface area contributed by atoms with Crippen LogP contribution in [-0.4, -0.2) is 37.5 Å². The van der Waals surface area contributed by atoms with E-state index in [9.17, 15) is 0 Å². The van der Waals surface area contributed by atoms with Gasteiger partial charge in [-0.1, -0.05) is 55.8 Å².